The third-order valence-corrected chi connectivity index (χ3v) is 5.03. The van der Waals surface area contributed by atoms with E-state index in [0.717, 1.165) is 5.56 Å². The number of aliphatic imine (C=N–C) groups is 1. The van der Waals surface area contributed by atoms with Gasteiger partial charge in [0, 0.05) is 22.7 Å². The molecule has 1 aliphatic rings. The quantitative estimate of drug-likeness (QED) is 0.284. The summed E-state index contributed by atoms with van der Waals surface area (Å²) in [6.45, 7) is 2.44. The zero-order valence-corrected chi connectivity index (χ0v) is 17.8. The second-order valence-corrected chi connectivity index (χ2v) is 7.32. The predicted molar refractivity (Wildman–Crippen MR) is 124 cm³/mol. The van der Waals surface area contributed by atoms with Gasteiger partial charge in [-0.05, 0) is 79.2 Å². The molecule has 0 unspecified atom stereocenters. The number of hydrogen-bond acceptors (Lipinski definition) is 5. The summed E-state index contributed by atoms with van der Waals surface area (Å²) in [5, 5.41) is 11.5. The van der Waals surface area contributed by atoms with Crippen molar-refractivity contribution in [2.45, 2.75) is 6.92 Å². The van der Waals surface area contributed by atoms with E-state index in [0.29, 0.717) is 34.5 Å². The van der Waals surface area contributed by atoms with Gasteiger partial charge in [0.1, 0.15) is 17.3 Å². The van der Waals surface area contributed by atoms with Crippen LogP contribution in [0.25, 0.3) is 6.08 Å². The lowest BCUT2D eigenvalue weighted by Gasteiger charge is -2.19. The highest BCUT2D eigenvalue weighted by Crippen LogP contribution is 2.30. The number of amides is 1. The van der Waals surface area contributed by atoms with E-state index in [9.17, 15) is 14.9 Å². The van der Waals surface area contributed by atoms with E-state index in [2.05, 4.69) is 4.99 Å². The zero-order valence-electron chi connectivity index (χ0n) is 17.1. The van der Waals surface area contributed by atoms with Crippen molar-refractivity contribution in [3.8, 4) is 5.75 Å². The topological polar surface area (TPSA) is 85.0 Å². The summed E-state index contributed by atoms with van der Waals surface area (Å²) in [6.07, 6.45) is 1.61. The molecule has 32 heavy (non-hydrogen) atoms. The first-order valence-corrected chi connectivity index (χ1v) is 10.2. The Kier molecular flexibility index (Phi) is 6.00. The number of rotatable bonds is 6. The number of halogens is 1. The third-order valence-electron chi connectivity index (χ3n) is 4.78. The molecular weight excluding hydrogens is 430 g/mol. The first kappa shape index (κ1) is 21.3. The normalized spacial score (nSPS) is 14.6. The summed E-state index contributed by atoms with van der Waals surface area (Å²) in [5.74, 6) is 0.857. The van der Waals surface area contributed by atoms with Gasteiger partial charge in [0.15, 0.2) is 0 Å². The minimum absolute atomic E-state index is 0.0220. The minimum Gasteiger partial charge on any atom is -0.494 e. The number of nitro benzene ring substituents is 1. The molecule has 4 rings (SSSR count). The SMILES string of the molecule is CCOc1ccc(N2C(=O)/C(=C\c3ccc([N+](=O)[O-])cc3)N=C2c2ccc(Cl)cc2)cc1. The molecule has 0 fully saturated rings. The van der Waals surface area contributed by atoms with Gasteiger partial charge in [0.2, 0.25) is 0 Å². The fourth-order valence-corrected chi connectivity index (χ4v) is 3.38. The summed E-state index contributed by atoms with van der Waals surface area (Å²) < 4.78 is 5.49. The van der Waals surface area contributed by atoms with Gasteiger partial charge in [-0.25, -0.2) is 4.99 Å². The Morgan fingerprint density at radius 3 is 2.28 bits per heavy atom. The summed E-state index contributed by atoms with van der Waals surface area (Å²) in [7, 11) is 0. The van der Waals surface area contributed by atoms with Gasteiger partial charge < -0.3 is 4.74 Å². The second-order valence-electron chi connectivity index (χ2n) is 6.89. The van der Waals surface area contributed by atoms with Crippen molar-refractivity contribution in [1.29, 1.82) is 0 Å². The Bertz CT molecular complexity index is 1220. The average Bonchev–Trinajstić information content (AvgIpc) is 3.11. The molecule has 0 radical (unpaired) electrons. The van der Waals surface area contributed by atoms with Crippen molar-refractivity contribution in [3.05, 3.63) is 105 Å². The van der Waals surface area contributed by atoms with Crippen LogP contribution >= 0.6 is 11.6 Å². The van der Waals surface area contributed by atoms with E-state index in [1.165, 1.54) is 17.0 Å². The lowest BCUT2D eigenvalue weighted by molar-refractivity contribution is -0.384. The van der Waals surface area contributed by atoms with Crippen LogP contribution in [0.15, 0.2) is 83.5 Å². The van der Waals surface area contributed by atoms with Crippen LogP contribution in [0.3, 0.4) is 0 Å². The van der Waals surface area contributed by atoms with Crippen LogP contribution in [0.5, 0.6) is 5.75 Å². The van der Waals surface area contributed by atoms with E-state index in [1.54, 1.807) is 66.7 Å². The first-order valence-electron chi connectivity index (χ1n) is 9.84. The number of ether oxygens (including phenoxy) is 1. The molecule has 3 aromatic carbocycles. The van der Waals surface area contributed by atoms with E-state index in [1.807, 2.05) is 6.92 Å². The molecule has 0 aliphatic carbocycles. The molecule has 3 aromatic rings. The van der Waals surface area contributed by atoms with Gasteiger partial charge in [-0.1, -0.05) is 11.6 Å². The Balaban J connectivity index is 1.74. The number of anilines is 1. The lowest BCUT2D eigenvalue weighted by atomic mass is 10.1. The number of benzene rings is 3. The van der Waals surface area contributed by atoms with Gasteiger partial charge in [-0.2, -0.15) is 0 Å². The highest BCUT2D eigenvalue weighted by Gasteiger charge is 2.32. The Morgan fingerprint density at radius 2 is 1.69 bits per heavy atom. The maximum absolute atomic E-state index is 13.3. The molecule has 7 nitrogen and oxygen atoms in total. The third kappa shape index (κ3) is 4.38. The van der Waals surface area contributed by atoms with Gasteiger partial charge in [-0.3, -0.25) is 19.8 Å². The first-order chi connectivity index (χ1) is 15.5. The fraction of sp³-hybridized carbons (Fsp3) is 0.0833. The largest absolute Gasteiger partial charge is 0.494 e. The van der Waals surface area contributed by atoms with Crippen molar-refractivity contribution >= 4 is 40.8 Å². The number of non-ortho nitro benzene ring substituents is 1. The highest BCUT2D eigenvalue weighted by molar-refractivity contribution is 6.34. The van der Waals surface area contributed by atoms with E-state index in [4.69, 9.17) is 16.3 Å². The van der Waals surface area contributed by atoms with Gasteiger partial charge in [0.05, 0.1) is 17.2 Å². The standard InChI is InChI=1S/C24H18ClN3O4/c1-2-32-21-13-11-19(12-14-21)27-23(17-5-7-18(25)8-6-17)26-22(24(27)29)15-16-3-9-20(10-4-16)28(30)31/h3-15H,2H2,1H3/b22-15+. The van der Waals surface area contributed by atoms with Crippen molar-refractivity contribution in [2.24, 2.45) is 4.99 Å². The van der Waals surface area contributed by atoms with Crippen molar-refractivity contribution in [3.63, 3.8) is 0 Å². The van der Waals surface area contributed by atoms with Crippen molar-refractivity contribution < 1.29 is 14.5 Å². The van der Waals surface area contributed by atoms with Crippen LogP contribution in [0.4, 0.5) is 11.4 Å². The molecule has 0 bridgehead atoms. The van der Waals surface area contributed by atoms with Gasteiger partial charge >= 0.3 is 0 Å². The molecule has 1 amide bonds. The number of nitro groups is 1. The number of nitrogens with zero attached hydrogens (tertiary/aromatic N) is 3. The molecule has 0 saturated heterocycles. The van der Waals surface area contributed by atoms with Crippen molar-refractivity contribution in [2.75, 3.05) is 11.5 Å². The van der Waals surface area contributed by atoms with Crippen LogP contribution in [0.1, 0.15) is 18.1 Å². The molecule has 1 heterocycles. The Hall–Kier alpha value is -3.97. The van der Waals surface area contributed by atoms with E-state index < -0.39 is 4.92 Å². The Morgan fingerprint density at radius 1 is 1.03 bits per heavy atom. The maximum Gasteiger partial charge on any atom is 0.282 e. The summed E-state index contributed by atoms with van der Waals surface area (Å²) >= 11 is 6.02. The summed E-state index contributed by atoms with van der Waals surface area (Å²) in [6, 6.07) is 20.2. The molecule has 0 saturated carbocycles. The molecule has 160 valence electrons. The smallest absolute Gasteiger partial charge is 0.282 e. The summed E-state index contributed by atoms with van der Waals surface area (Å²) in [4.78, 5) is 29.8. The monoisotopic (exact) mass is 447 g/mol. The number of hydrogen-bond donors (Lipinski definition) is 0. The molecule has 8 heteroatoms. The zero-order chi connectivity index (χ0) is 22.7. The van der Waals surface area contributed by atoms with Crippen LogP contribution in [0.2, 0.25) is 5.02 Å². The molecular formula is C24H18ClN3O4. The van der Waals surface area contributed by atoms with E-state index >= 15 is 0 Å². The lowest BCUT2D eigenvalue weighted by Crippen LogP contribution is -2.32. The summed E-state index contributed by atoms with van der Waals surface area (Å²) in [5.41, 5.74) is 2.19. The molecule has 0 spiro atoms. The van der Waals surface area contributed by atoms with Crippen LogP contribution in [-0.4, -0.2) is 23.3 Å². The second kappa shape index (κ2) is 9.03. The number of carbonyl (C=O) groups is 1. The molecule has 0 aromatic heterocycles. The molecule has 1 aliphatic heterocycles. The highest BCUT2D eigenvalue weighted by atomic mass is 35.5. The van der Waals surface area contributed by atoms with E-state index in [-0.39, 0.29) is 17.3 Å². The predicted octanol–water partition coefficient (Wildman–Crippen LogP) is 5.48. The van der Waals surface area contributed by atoms with Crippen LogP contribution in [-0.2, 0) is 4.79 Å². The Labute approximate surface area is 189 Å². The van der Waals surface area contributed by atoms with Gasteiger partial charge in [-0.15, -0.1) is 0 Å². The van der Waals surface area contributed by atoms with Crippen LogP contribution in [0, 0.1) is 10.1 Å². The molecule has 0 N–H and O–H groups in total. The fourth-order valence-electron chi connectivity index (χ4n) is 3.26. The minimum atomic E-state index is -0.470. The maximum atomic E-state index is 13.3. The number of carbonyl (C=O) groups excluding carboxylic acids is 1. The van der Waals surface area contributed by atoms with Crippen LogP contribution < -0.4 is 9.64 Å². The van der Waals surface area contributed by atoms with Gasteiger partial charge in [0.25, 0.3) is 11.6 Å². The number of amidine groups is 1. The van der Waals surface area contributed by atoms with Crippen molar-refractivity contribution in [1.82, 2.24) is 0 Å². The average molecular weight is 448 g/mol. The molecule has 0 atom stereocenters.